The fourth-order valence-electron chi connectivity index (χ4n) is 4.92. The third-order valence-electron chi connectivity index (χ3n) is 9.09. The van der Waals surface area contributed by atoms with Gasteiger partial charge in [-0.05, 0) is 19.4 Å². The highest BCUT2D eigenvalue weighted by Crippen LogP contribution is 2.00. The number of nitrogens with zero attached hydrogens (tertiary/aromatic N) is 6. The van der Waals surface area contributed by atoms with Crippen molar-refractivity contribution in [2.75, 3.05) is 6.54 Å². The van der Waals surface area contributed by atoms with Crippen LogP contribution in [-0.4, -0.2) is 186 Å². The molecule has 0 fully saturated rings. The molecule has 34 nitrogen and oxygen atoms in total. The molecule has 0 saturated carbocycles. The molecule has 6 aromatic rings. The van der Waals surface area contributed by atoms with E-state index in [-0.39, 0.29) is 38.5 Å². The molecule has 0 saturated heterocycles. The molecule has 7 unspecified atom stereocenters. The minimum Gasteiger partial charge on any atom is -0.480 e. The smallest absolute Gasteiger partial charge is 0.320 e. The summed E-state index contributed by atoms with van der Waals surface area (Å²) in [5.41, 5.74) is 45.9. The first-order valence-electron chi connectivity index (χ1n) is 22.3. The summed E-state index contributed by atoms with van der Waals surface area (Å²) in [5.74, 6) is -6.97. The zero-order chi connectivity index (χ0) is 57.6. The molecule has 29 N–H and O–H groups in total. The van der Waals surface area contributed by atoms with Gasteiger partial charge in [-0.1, -0.05) is 6.42 Å². The molecule has 0 amide bonds. The Hall–Kier alpha value is -8.77. The van der Waals surface area contributed by atoms with Crippen molar-refractivity contribution in [3.63, 3.8) is 0 Å². The molecular weight excluding hydrogens is 1010 g/mol. The van der Waals surface area contributed by atoms with Gasteiger partial charge in [-0.25, -0.2) is 29.9 Å². The maximum atomic E-state index is 10.3. The van der Waals surface area contributed by atoms with Crippen molar-refractivity contribution in [3.8, 4) is 0 Å². The van der Waals surface area contributed by atoms with Crippen LogP contribution >= 0.6 is 0 Å². The number of H-pyrrole nitrogens is 6. The van der Waals surface area contributed by atoms with Gasteiger partial charge in [0, 0.05) is 75.7 Å². The van der Waals surface area contributed by atoms with E-state index in [2.05, 4.69) is 59.8 Å². The maximum absolute atomic E-state index is 10.3. The monoisotopic (exact) mass is 1080 g/mol. The van der Waals surface area contributed by atoms with Gasteiger partial charge < -0.3 is 112 Å². The van der Waals surface area contributed by atoms with Crippen LogP contribution in [0, 0.1) is 0 Å². The molecule has 6 aromatic heterocycles. The van der Waals surface area contributed by atoms with Crippen molar-refractivity contribution >= 4 is 41.8 Å². The van der Waals surface area contributed by atoms with Crippen LogP contribution in [0.15, 0.2) is 75.1 Å². The Balaban J connectivity index is 0.000000864. The number of carboxylic acid groups (broad SMARTS) is 7. The molecule has 34 heteroatoms. The SMILES string of the molecule is NC(Cc1c[nH]cn1)C(=O)O.NC(Cc1c[nH]cn1)C(=O)O.NC(Cc1c[nH]cn1)C(=O)O.NC(Cc1c[nH]cn1)C(=O)O.NC(Cc1c[nH]cn1)C(=O)O.NC(Cc1c[nH]cn1)C(=O)O.NCCCCC(N)C(=O)O. The topological polar surface area (TPSA) is 641 Å². The number of carbonyl (C=O) groups is 7. The van der Waals surface area contributed by atoms with E-state index in [1.54, 1.807) is 37.2 Å². The number of unbranched alkanes of at least 4 members (excludes halogenated alkanes) is 1. The van der Waals surface area contributed by atoms with Crippen LogP contribution in [0.25, 0.3) is 0 Å². The summed E-state index contributed by atoms with van der Waals surface area (Å²) in [6, 6.07) is -5.89. The van der Waals surface area contributed by atoms with E-state index < -0.39 is 84.1 Å². The van der Waals surface area contributed by atoms with Crippen molar-refractivity contribution < 1.29 is 69.3 Å². The van der Waals surface area contributed by atoms with Crippen LogP contribution in [0.5, 0.6) is 0 Å². The van der Waals surface area contributed by atoms with Gasteiger partial charge >= 0.3 is 41.8 Å². The van der Waals surface area contributed by atoms with Crippen LogP contribution in [0.4, 0.5) is 0 Å². The van der Waals surface area contributed by atoms with Crippen molar-refractivity contribution in [1.29, 1.82) is 0 Å². The first kappa shape index (κ1) is 67.2. The molecule has 6 rings (SSSR count). The number of aliphatic carboxylic acids is 7. The second kappa shape index (κ2) is 38.8. The molecule has 0 aliphatic carbocycles. The number of hydrogen-bond acceptors (Lipinski definition) is 21. The summed E-state index contributed by atoms with van der Waals surface area (Å²) >= 11 is 0. The van der Waals surface area contributed by atoms with Gasteiger partial charge in [0.25, 0.3) is 0 Å². The van der Waals surface area contributed by atoms with Crippen LogP contribution < -0.4 is 45.9 Å². The Morgan fingerprint density at radius 1 is 0.329 bits per heavy atom. The van der Waals surface area contributed by atoms with Gasteiger partial charge in [0.05, 0.1) is 72.1 Å². The summed E-state index contributed by atoms with van der Waals surface area (Å²) in [5, 5.41) is 58.8. The zero-order valence-electron chi connectivity index (χ0n) is 40.8. The first-order valence-corrected chi connectivity index (χ1v) is 22.3. The predicted octanol–water partition coefficient (Wildman–Crippen LogP) is -4.29. The molecule has 0 aromatic carbocycles. The maximum Gasteiger partial charge on any atom is 0.320 e. The largest absolute Gasteiger partial charge is 0.480 e. The van der Waals surface area contributed by atoms with Crippen molar-refractivity contribution in [1.82, 2.24) is 59.8 Å². The Morgan fingerprint density at radius 2 is 0.500 bits per heavy atom. The average molecular weight is 1080 g/mol. The molecule has 0 spiro atoms. The van der Waals surface area contributed by atoms with Gasteiger partial charge in [0.2, 0.25) is 0 Å². The van der Waals surface area contributed by atoms with E-state index in [0.717, 1.165) is 12.8 Å². The van der Waals surface area contributed by atoms with Gasteiger partial charge in [0.15, 0.2) is 0 Å². The lowest BCUT2D eigenvalue weighted by Crippen LogP contribution is -2.32. The molecule has 0 bridgehead atoms. The molecule has 0 aliphatic rings. The van der Waals surface area contributed by atoms with Gasteiger partial charge in [-0.3, -0.25) is 33.6 Å². The zero-order valence-corrected chi connectivity index (χ0v) is 40.8. The average Bonchev–Trinajstić information content (AvgIpc) is 4.22. The minimum absolute atomic E-state index is 0.263. The lowest BCUT2D eigenvalue weighted by molar-refractivity contribution is -0.139. The highest BCUT2D eigenvalue weighted by molar-refractivity contribution is 5.75. The Bertz CT molecular complexity index is 2040. The third-order valence-corrected chi connectivity index (χ3v) is 9.09. The number of nitrogens with two attached hydrogens (primary N) is 8. The molecule has 0 radical (unpaired) electrons. The van der Waals surface area contributed by atoms with Crippen molar-refractivity contribution in [3.05, 3.63) is 109 Å². The highest BCUT2D eigenvalue weighted by atomic mass is 16.4. The Kier molecular flexibility index (Phi) is 34.3. The predicted molar refractivity (Wildman–Crippen MR) is 266 cm³/mol. The summed E-state index contributed by atoms with van der Waals surface area (Å²) in [7, 11) is 0. The quantitative estimate of drug-likeness (QED) is 0.0270. The van der Waals surface area contributed by atoms with E-state index >= 15 is 0 Å². The number of aromatic nitrogens is 12. The molecular formula is C42H68N20O14. The second-order valence-corrected chi connectivity index (χ2v) is 15.5. The number of hydrogen-bond donors (Lipinski definition) is 21. The summed E-state index contributed by atoms with van der Waals surface area (Å²) in [4.78, 5) is 111. The Morgan fingerprint density at radius 3 is 0.618 bits per heavy atom. The van der Waals surface area contributed by atoms with E-state index in [1.807, 2.05) is 0 Å². The molecule has 6 heterocycles. The van der Waals surface area contributed by atoms with Crippen LogP contribution in [0.1, 0.15) is 53.4 Å². The van der Waals surface area contributed by atoms with Crippen LogP contribution in [0.2, 0.25) is 0 Å². The van der Waals surface area contributed by atoms with E-state index in [4.69, 9.17) is 81.6 Å². The lowest BCUT2D eigenvalue weighted by atomic mass is 10.1. The summed E-state index contributed by atoms with van der Waals surface area (Å²) < 4.78 is 0. The van der Waals surface area contributed by atoms with E-state index in [0.29, 0.717) is 47.1 Å². The summed E-state index contributed by atoms with van der Waals surface area (Å²) in [6.07, 6.45) is 22.4. The second-order valence-electron chi connectivity index (χ2n) is 15.5. The summed E-state index contributed by atoms with van der Waals surface area (Å²) in [6.45, 7) is 0.604. The first-order chi connectivity index (χ1) is 35.9. The van der Waals surface area contributed by atoms with Gasteiger partial charge in [-0.2, -0.15) is 0 Å². The van der Waals surface area contributed by atoms with Crippen molar-refractivity contribution in [2.45, 2.75) is 100 Å². The molecule has 7 atom stereocenters. The molecule has 420 valence electrons. The van der Waals surface area contributed by atoms with Gasteiger partial charge in [-0.15, -0.1) is 0 Å². The lowest BCUT2D eigenvalue weighted by Gasteiger charge is -2.03. The standard InChI is InChI=1S/6C6H9N3O2.C6H14N2O2/c6*7-5(6(10)11)1-4-2-8-3-9-4;7-4-2-1-3-5(8)6(9)10/h6*2-3,5H,1,7H2,(H,8,9)(H,10,11);5H,1-4,7-8H2,(H,9,10). The van der Waals surface area contributed by atoms with Gasteiger partial charge in [0.1, 0.15) is 42.3 Å². The number of imidazole rings is 6. The number of rotatable bonds is 23. The van der Waals surface area contributed by atoms with E-state index in [1.165, 1.54) is 38.0 Å². The molecule has 0 aliphatic heterocycles. The number of nitrogens with one attached hydrogen (secondary N) is 6. The normalized spacial score (nSPS) is 12.8. The van der Waals surface area contributed by atoms with E-state index in [9.17, 15) is 33.6 Å². The Labute approximate surface area is 431 Å². The highest BCUT2D eigenvalue weighted by Gasteiger charge is 2.16. The number of aromatic amines is 6. The minimum atomic E-state index is -1.01. The fourth-order valence-corrected chi connectivity index (χ4v) is 4.92. The third kappa shape index (κ3) is 33.1. The van der Waals surface area contributed by atoms with Crippen molar-refractivity contribution in [2.24, 2.45) is 45.9 Å². The fraction of sp³-hybridized carbons (Fsp3) is 0.405. The number of carboxylic acids is 7. The van der Waals surface area contributed by atoms with Crippen LogP contribution in [0.3, 0.4) is 0 Å². The van der Waals surface area contributed by atoms with Crippen LogP contribution in [-0.2, 0) is 72.1 Å². The molecule has 76 heavy (non-hydrogen) atoms.